The third-order valence-corrected chi connectivity index (χ3v) is 5.29. The van der Waals surface area contributed by atoms with Gasteiger partial charge in [0.15, 0.2) is 0 Å². The van der Waals surface area contributed by atoms with E-state index in [9.17, 15) is 4.79 Å². The number of rotatable bonds is 4. The van der Waals surface area contributed by atoms with Gasteiger partial charge in [0, 0.05) is 18.3 Å². The number of nitrogens with zero attached hydrogens (tertiary/aromatic N) is 2. The molecule has 3 rings (SSSR count). The Kier molecular flexibility index (Phi) is 4.00. The summed E-state index contributed by atoms with van der Waals surface area (Å²) in [6, 6.07) is 10.3. The molecule has 0 aliphatic heterocycles. The summed E-state index contributed by atoms with van der Waals surface area (Å²) in [6.07, 6.45) is 3.19. The molecule has 4 heteroatoms. The van der Waals surface area contributed by atoms with E-state index in [0.717, 1.165) is 36.2 Å². The molecule has 4 nitrogen and oxygen atoms in total. The molecule has 1 atom stereocenters. The molecule has 1 N–H and O–H groups in total. The maximum atomic E-state index is 12.9. The second-order valence-corrected chi connectivity index (χ2v) is 6.72. The molecule has 0 radical (unpaired) electrons. The molecule has 1 heterocycles. The second-order valence-electron chi connectivity index (χ2n) is 6.72. The first-order chi connectivity index (χ1) is 10.9. The van der Waals surface area contributed by atoms with Crippen LogP contribution in [-0.2, 0) is 17.4 Å². The third kappa shape index (κ3) is 2.67. The lowest BCUT2D eigenvalue weighted by molar-refractivity contribution is -0.125. The van der Waals surface area contributed by atoms with Gasteiger partial charge >= 0.3 is 0 Å². The van der Waals surface area contributed by atoms with Crippen LogP contribution in [0.1, 0.15) is 54.6 Å². The minimum absolute atomic E-state index is 0.0905. The topological polar surface area (TPSA) is 46.9 Å². The van der Waals surface area contributed by atoms with Gasteiger partial charge in [-0.1, -0.05) is 30.3 Å². The fourth-order valence-electron chi connectivity index (χ4n) is 3.67. The number of amides is 1. The Morgan fingerprint density at radius 2 is 1.91 bits per heavy atom. The monoisotopic (exact) mass is 311 g/mol. The highest BCUT2D eigenvalue weighted by atomic mass is 16.2. The number of carbonyl (C=O) groups is 1. The molecular formula is C19H25N3O. The summed E-state index contributed by atoms with van der Waals surface area (Å²) in [4.78, 5) is 12.9. The SMILES string of the molecule is Cc1nn(C)c(C)c1[C@H](C)C(=O)NC1(c2ccccc2)CCC1. The van der Waals surface area contributed by atoms with Crippen LogP contribution in [0, 0.1) is 13.8 Å². The van der Waals surface area contributed by atoms with E-state index in [2.05, 4.69) is 22.5 Å². The predicted octanol–water partition coefficient (Wildman–Crippen LogP) is 3.34. The number of aryl methyl sites for hydroxylation is 2. The van der Waals surface area contributed by atoms with Gasteiger partial charge in [0.05, 0.1) is 17.2 Å². The maximum absolute atomic E-state index is 12.9. The van der Waals surface area contributed by atoms with E-state index in [-0.39, 0.29) is 17.4 Å². The van der Waals surface area contributed by atoms with E-state index in [1.165, 1.54) is 5.56 Å². The molecule has 0 unspecified atom stereocenters. The van der Waals surface area contributed by atoms with Crippen LogP contribution < -0.4 is 5.32 Å². The minimum Gasteiger partial charge on any atom is -0.346 e. The van der Waals surface area contributed by atoms with Gasteiger partial charge in [0.2, 0.25) is 5.91 Å². The van der Waals surface area contributed by atoms with Crippen molar-refractivity contribution in [3.8, 4) is 0 Å². The van der Waals surface area contributed by atoms with Gasteiger partial charge in [-0.05, 0) is 45.6 Å². The number of hydrogen-bond donors (Lipinski definition) is 1. The van der Waals surface area contributed by atoms with E-state index in [0.29, 0.717) is 0 Å². The molecule has 23 heavy (non-hydrogen) atoms. The quantitative estimate of drug-likeness (QED) is 0.941. The number of nitrogens with one attached hydrogen (secondary N) is 1. The lowest BCUT2D eigenvalue weighted by atomic mass is 9.71. The highest BCUT2D eigenvalue weighted by molar-refractivity contribution is 5.84. The Labute approximate surface area is 137 Å². The smallest absolute Gasteiger partial charge is 0.228 e. The minimum atomic E-state index is -0.190. The molecule has 122 valence electrons. The molecule has 2 aromatic rings. The zero-order chi connectivity index (χ0) is 16.6. The van der Waals surface area contributed by atoms with Gasteiger partial charge in [-0.3, -0.25) is 9.48 Å². The Hall–Kier alpha value is -2.10. The van der Waals surface area contributed by atoms with Crippen molar-refractivity contribution in [2.24, 2.45) is 7.05 Å². The highest BCUT2D eigenvalue weighted by Gasteiger charge is 2.41. The van der Waals surface area contributed by atoms with Crippen molar-refractivity contribution in [2.75, 3.05) is 0 Å². The summed E-state index contributed by atoms with van der Waals surface area (Å²) in [5, 5.41) is 7.77. The van der Waals surface area contributed by atoms with E-state index < -0.39 is 0 Å². The lowest BCUT2D eigenvalue weighted by Crippen LogP contribution is -2.51. The van der Waals surface area contributed by atoms with Crippen molar-refractivity contribution in [1.29, 1.82) is 0 Å². The first-order valence-corrected chi connectivity index (χ1v) is 8.32. The van der Waals surface area contributed by atoms with Gasteiger partial charge in [-0.2, -0.15) is 5.10 Å². The van der Waals surface area contributed by atoms with Crippen LogP contribution in [0.3, 0.4) is 0 Å². The van der Waals surface area contributed by atoms with Crippen LogP contribution in [0.4, 0.5) is 0 Å². The molecule has 1 saturated carbocycles. The van der Waals surface area contributed by atoms with E-state index in [4.69, 9.17) is 0 Å². The first-order valence-electron chi connectivity index (χ1n) is 8.32. The lowest BCUT2D eigenvalue weighted by Gasteiger charge is -2.43. The van der Waals surface area contributed by atoms with Gasteiger partial charge in [0.1, 0.15) is 0 Å². The number of hydrogen-bond acceptors (Lipinski definition) is 2. The summed E-state index contributed by atoms with van der Waals surface area (Å²) in [5.41, 5.74) is 4.08. The van der Waals surface area contributed by atoms with Crippen LogP contribution in [0.25, 0.3) is 0 Å². The maximum Gasteiger partial charge on any atom is 0.228 e. The summed E-state index contributed by atoms with van der Waals surface area (Å²) >= 11 is 0. The molecule has 1 fully saturated rings. The van der Waals surface area contributed by atoms with Gasteiger partial charge in [-0.15, -0.1) is 0 Å². The Morgan fingerprint density at radius 1 is 1.26 bits per heavy atom. The van der Waals surface area contributed by atoms with Crippen molar-refractivity contribution in [3.05, 3.63) is 52.8 Å². The van der Waals surface area contributed by atoms with Gasteiger partial charge in [0.25, 0.3) is 0 Å². The largest absolute Gasteiger partial charge is 0.346 e. The Balaban J connectivity index is 1.83. The van der Waals surface area contributed by atoms with Gasteiger partial charge in [-0.25, -0.2) is 0 Å². The normalized spacial score (nSPS) is 17.4. The highest BCUT2D eigenvalue weighted by Crippen LogP contribution is 2.41. The van der Waals surface area contributed by atoms with Crippen LogP contribution in [0.5, 0.6) is 0 Å². The Morgan fingerprint density at radius 3 is 2.39 bits per heavy atom. The zero-order valence-electron chi connectivity index (χ0n) is 14.4. The predicted molar refractivity (Wildman–Crippen MR) is 91.2 cm³/mol. The van der Waals surface area contributed by atoms with E-state index in [1.807, 2.05) is 50.7 Å². The van der Waals surface area contributed by atoms with Crippen molar-refractivity contribution in [2.45, 2.75) is 51.5 Å². The van der Waals surface area contributed by atoms with E-state index in [1.54, 1.807) is 0 Å². The summed E-state index contributed by atoms with van der Waals surface area (Å²) in [7, 11) is 1.92. The molecule has 1 aromatic heterocycles. The summed E-state index contributed by atoms with van der Waals surface area (Å²) in [6.45, 7) is 5.97. The van der Waals surface area contributed by atoms with Crippen LogP contribution in [0.2, 0.25) is 0 Å². The number of aromatic nitrogens is 2. The molecular weight excluding hydrogens is 286 g/mol. The zero-order valence-corrected chi connectivity index (χ0v) is 14.4. The molecule has 1 aliphatic carbocycles. The molecule has 1 aromatic carbocycles. The van der Waals surface area contributed by atoms with Crippen LogP contribution in [-0.4, -0.2) is 15.7 Å². The average molecular weight is 311 g/mol. The molecule has 0 spiro atoms. The fourth-order valence-corrected chi connectivity index (χ4v) is 3.67. The summed E-state index contributed by atoms with van der Waals surface area (Å²) in [5.74, 6) is -0.0994. The van der Waals surface area contributed by atoms with Crippen LogP contribution >= 0.6 is 0 Å². The van der Waals surface area contributed by atoms with Crippen molar-refractivity contribution in [1.82, 2.24) is 15.1 Å². The summed E-state index contributed by atoms with van der Waals surface area (Å²) < 4.78 is 1.85. The second kappa shape index (κ2) is 5.84. The molecule has 0 saturated heterocycles. The van der Waals surface area contributed by atoms with Crippen molar-refractivity contribution in [3.63, 3.8) is 0 Å². The fraction of sp³-hybridized carbons (Fsp3) is 0.474. The Bertz CT molecular complexity index is 714. The molecule has 1 amide bonds. The van der Waals surface area contributed by atoms with E-state index >= 15 is 0 Å². The average Bonchev–Trinajstić information content (AvgIpc) is 2.76. The molecule has 1 aliphatic rings. The number of benzene rings is 1. The van der Waals surface area contributed by atoms with Gasteiger partial charge < -0.3 is 5.32 Å². The van der Waals surface area contributed by atoms with Crippen LogP contribution in [0.15, 0.2) is 30.3 Å². The standard InChI is InChI=1S/C19H25N3O/c1-13(17-14(2)21-22(4)15(17)3)18(23)20-19(11-8-12-19)16-9-6-5-7-10-16/h5-7,9-10,13H,8,11-12H2,1-4H3,(H,20,23)/t13-/m0/s1. The van der Waals surface area contributed by atoms with Crippen molar-refractivity contribution < 1.29 is 4.79 Å². The number of carbonyl (C=O) groups excluding carboxylic acids is 1. The van der Waals surface area contributed by atoms with Crippen molar-refractivity contribution >= 4 is 5.91 Å². The third-order valence-electron chi connectivity index (χ3n) is 5.29. The molecule has 0 bridgehead atoms. The first kappa shape index (κ1) is 15.8.